The first-order valence-corrected chi connectivity index (χ1v) is 9.46. The van der Waals surface area contributed by atoms with Crippen molar-refractivity contribution in [3.05, 3.63) is 41.7 Å². The molecule has 3 heterocycles. The Hall–Kier alpha value is -3.10. The van der Waals surface area contributed by atoms with Crippen LogP contribution >= 0.6 is 0 Å². The van der Waals surface area contributed by atoms with Gasteiger partial charge in [-0.05, 0) is 24.1 Å². The molecule has 3 amide bonds. The molecule has 2 saturated heterocycles. The van der Waals surface area contributed by atoms with Gasteiger partial charge in [-0.15, -0.1) is 5.10 Å². The third-order valence-electron chi connectivity index (χ3n) is 5.21. The van der Waals surface area contributed by atoms with E-state index >= 15 is 0 Å². The van der Waals surface area contributed by atoms with Gasteiger partial charge in [0.2, 0.25) is 5.91 Å². The summed E-state index contributed by atoms with van der Waals surface area (Å²) in [5.74, 6) is 0.972. The van der Waals surface area contributed by atoms with Crippen LogP contribution in [0.2, 0.25) is 0 Å². The minimum atomic E-state index is -0.0879. The molecule has 9 nitrogen and oxygen atoms in total. The minimum Gasteiger partial charge on any atom is -0.497 e. The van der Waals surface area contributed by atoms with Crippen molar-refractivity contribution in [1.82, 2.24) is 30.1 Å². The number of nitrogens with one attached hydrogen (secondary N) is 1. The van der Waals surface area contributed by atoms with Gasteiger partial charge >= 0.3 is 6.03 Å². The Morgan fingerprint density at radius 2 is 2.07 bits per heavy atom. The van der Waals surface area contributed by atoms with E-state index in [9.17, 15) is 9.59 Å². The Kier molecular flexibility index (Phi) is 5.14. The van der Waals surface area contributed by atoms with Crippen LogP contribution in [0.25, 0.3) is 0 Å². The Labute approximate surface area is 163 Å². The van der Waals surface area contributed by atoms with Crippen LogP contribution in [0.1, 0.15) is 30.1 Å². The number of ether oxygens (including phenoxy) is 1. The molecular weight excluding hydrogens is 360 g/mol. The first-order valence-electron chi connectivity index (χ1n) is 9.46. The zero-order valence-electron chi connectivity index (χ0n) is 15.9. The molecule has 2 aromatic rings. The van der Waals surface area contributed by atoms with Crippen molar-refractivity contribution >= 4 is 11.9 Å². The van der Waals surface area contributed by atoms with Crippen LogP contribution in [0.15, 0.2) is 30.5 Å². The van der Waals surface area contributed by atoms with Gasteiger partial charge in [0.1, 0.15) is 11.4 Å². The largest absolute Gasteiger partial charge is 0.497 e. The number of amides is 3. The Balaban J connectivity index is 1.22. The van der Waals surface area contributed by atoms with Gasteiger partial charge in [-0.2, -0.15) is 0 Å². The predicted molar refractivity (Wildman–Crippen MR) is 101 cm³/mol. The molecule has 2 fully saturated rings. The van der Waals surface area contributed by atoms with Gasteiger partial charge in [0, 0.05) is 32.6 Å². The molecule has 2 aliphatic rings. The summed E-state index contributed by atoms with van der Waals surface area (Å²) < 4.78 is 6.92. The molecular formula is C19H24N6O3. The zero-order chi connectivity index (χ0) is 19.5. The fourth-order valence-corrected chi connectivity index (χ4v) is 3.45. The molecule has 0 bridgehead atoms. The zero-order valence-corrected chi connectivity index (χ0v) is 15.9. The van der Waals surface area contributed by atoms with E-state index in [1.54, 1.807) is 16.7 Å². The summed E-state index contributed by atoms with van der Waals surface area (Å²) in [6.07, 6.45) is 3.41. The molecule has 2 aliphatic heterocycles. The van der Waals surface area contributed by atoms with E-state index in [2.05, 4.69) is 15.6 Å². The van der Waals surface area contributed by atoms with Crippen LogP contribution in [0.4, 0.5) is 4.79 Å². The number of methoxy groups -OCH3 is 1. The summed E-state index contributed by atoms with van der Waals surface area (Å²) in [6, 6.07) is 7.65. The van der Waals surface area contributed by atoms with Gasteiger partial charge in [0.25, 0.3) is 0 Å². The van der Waals surface area contributed by atoms with Crippen molar-refractivity contribution in [2.75, 3.05) is 26.7 Å². The lowest BCUT2D eigenvalue weighted by atomic mass is 10.1. The molecule has 0 atom stereocenters. The van der Waals surface area contributed by atoms with Gasteiger partial charge in [-0.3, -0.25) is 4.79 Å². The number of hydrogen-bond acceptors (Lipinski definition) is 5. The second-order valence-electron chi connectivity index (χ2n) is 7.17. The number of benzene rings is 1. The second kappa shape index (κ2) is 7.87. The molecule has 1 N–H and O–H groups in total. The highest BCUT2D eigenvalue weighted by Crippen LogP contribution is 2.21. The molecule has 0 aliphatic carbocycles. The first-order chi connectivity index (χ1) is 13.6. The lowest BCUT2D eigenvalue weighted by Gasteiger charge is -2.38. The number of carbonyl (C=O) groups excluding carboxylic acids is 2. The average Bonchev–Trinajstić information content (AvgIpc) is 3.29. The van der Waals surface area contributed by atoms with Crippen molar-refractivity contribution in [3.63, 3.8) is 0 Å². The van der Waals surface area contributed by atoms with Crippen LogP contribution in [-0.4, -0.2) is 63.5 Å². The van der Waals surface area contributed by atoms with Crippen molar-refractivity contribution in [2.45, 2.75) is 32.0 Å². The summed E-state index contributed by atoms with van der Waals surface area (Å²) in [6.45, 7) is 2.97. The Morgan fingerprint density at radius 3 is 2.75 bits per heavy atom. The van der Waals surface area contributed by atoms with Crippen LogP contribution in [0.5, 0.6) is 5.75 Å². The third kappa shape index (κ3) is 3.92. The highest BCUT2D eigenvalue weighted by Gasteiger charge is 2.33. The molecule has 0 saturated carbocycles. The SMILES string of the molecule is COc1ccc(CNC(=O)N2CC(n3cc(CN4CCCC4=O)nn3)C2)cc1. The topological polar surface area (TPSA) is 92.6 Å². The van der Waals surface area contributed by atoms with Crippen LogP contribution in [0, 0.1) is 0 Å². The normalized spacial score (nSPS) is 17.0. The predicted octanol–water partition coefficient (Wildman–Crippen LogP) is 1.18. The van der Waals surface area contributed by atoms with E-state index in [1.165, 1.54) is 0 Å². The smallest absolute Gasteiger partial charge is 0.317 e. The van der Waals surface area contributed by atoms with E-state index in [-0.39, 0.29) is 18.0 Å². The monoisotopic (exact) mass is 384 g/mol. The van der Waals surface area contributed by atoms with Gasteiger partial charge in [-0.1, -0.05) is 17.3 Å². The van der Waals surface area contributed by atoms with Gasteiger partial charge in [-0.25, -0.2) is 9.48 Å². The number of aromatic nitrogens is 3. The highest BCUT2D eigenvalue weighted by atomic mass is 16.5. The third-order valence-corrected chi connectivity index (χ3v) is 5.21. The molecule has 4 rings (SSSR count). The van der Waals surface area contributed by atoms with E-state index in [4.69, 9.17) is 4.74 Å². The fourth-order valence-electron chi connectivity index (χ4n) is 3.45. The highest BCUT2D eigenvalue weighted by molar-refractivity contribution is 5.78. The lowest BCUT2D eigenvalue weighted by Crippen LogP contribution is -2.54. The van der Waals surface area contributed by atoms with Crippen LogP contribution in [0.3, 0.4) is 0 Å². The summed E-state index contributed by atoms with van der Waals surface area (Å²) in [7, 11) is 1.63. The molecule has 0 radical (unpaired) electrons. The number of rotatable bonds is 6. The maximum atomic E-state index is 12.3. The van der Waals surface area contributed by atoms with Gasteiger partial charge < -0.3 is 19.9 Å². The molecule has 1 aromatic heterocycles. The van der Waals surface area contributed by atoms with Crippen molar-refractivity contribution < 1.29 is 14.3 Å². The Morgan fingerprint density at radius 1 is 1.29 bits per heavy atom. The number of likely N-dealkylation sites (tertiary alicyclic amines) is 2. The van der Waals surface area contributed by atoms with Crippen molar-refractivity contribution in [2.24, 2.45) is 0 Å². The van der Waals surface area contributed by atoms with Crippen LogP contribution < -0.4 is 10.1 Å². The van der Waals surface area contributed by atoms with E-state index in [0.717, 1.165) is 30.0 Å². The standard InChI is InChI=1S/C19H24N6O3/c1-28-17-6-4-14(5-7-17)9-20-19(27)24-12-16(13-24)25-11-15(21-22-25)10-23-8-2-3-18(23)26/h4-7,11,16H,2-3,8-10,12-13H2,1H3,(H,20,27). The minimum absolute atomic E-state index is 0.0879. The number of hydrogen-bond donors (Lipinski definition) is 1. The quantitative estimate of drug-likeness (QED) is 0.807. The summed E-state index contributed by atoms with van der Waals surface area (Å²) >= 11 is 0. The molecule has 1 aromatic carbocycles. The second-order valence-corrected chi connectivity index (χ2v) is 7.17. The maximum Gasteiger partial charge on any atom is 0.317 e. The number of carbonyl (C=O) groups is 2. The van der Waals surface area contributed by atoms with Crippen molar-refractivity contribution in [3.8, 4) is 5.75 Å². The van der Waals surface area contributed by atoms with E-state index < -0.39 is 0 Å². The van der Waals surface area contributed by atoms with E-state index in [0.29, 0.717) is 32.6 Å². The Bertz CT molecular complexity index is 844. The lowest BCUT2D eigenvalue weighted by molar-refractivity contribution is -0.128. The first kappa shape index (κ1) is 18.3. The van der Waals surface area contributed by atoms with Gasteiger partial charge in [0.15, 0.2) is 0 Å². The van der Waals surface area contributed by atoms with Gasteiger partial charge in [0.05, 0.1) is 25.9 Å². The average molecular weight is 384 g/mol. The summed E-state index contributed by atoms with van der Waals surface area (Å²) in [4.78, 5) is 27.5. The van der Waals surface area contributed by atoms with Crippen LogP contribution in [-0.2, 0) is 17.9 Å². The molecule has 0 spiro atoms. The maximum absolute atomic E-state index is 12.3. The molecule has 9 heteroatoms. The summed E-state index contributed by atoms with van der Waals surface area (Å²) in [5.41, 5.74) is 1.81. The summed E-state index contributed by atoms with van der Waals surface area (Å²) in [5, 5.41) is 11.3. The number of urea groups is 1. The van der Waals surface area contributed by atoms with Crippen molar-refractivity contribution in [1.29, 1.82) is 0 Å². The molecule has 28 heavy (non-hydrogen) atoms. The molecule has 148 valence electrons. The number of nitrogens with zero attached hydrogens (tertiary/aromatic N) is 5. The van der Waals surface area contributed by atoms with E-state index in [1.807, 2.05) is 35.4 Å². The fraction of sp³-hybridized carbons (Fsp3) is 0.474. The molecule has 0 unspecified atom stereocenters.